The van der Waals surface area contributed by atoms with Gasteiger partial charge in [0.25, 0.3) is 0 Å². The number of rotatable bonds is 46. The average Bonchev–Trinajstić information content (AvgIpc) is 0.849. The Labute approximate surface area is 736 Å². The summed E-state index contributed by atoms with van der Waals surface area (Å²) in [6.45, 7) is 1.89. The molecule has 646 valence electrons. The van der Waals surface area contributed by atoms with Crippen LogP contribution in [-0.4, -0.2) is 361 Å². The van der Waals surface area contributed by atoms with E-state index in [4.69, 9.17) is 5.73 Å². The standard InChI is InChI=1S/C74H113N15O25.2Gd/c1-4-48(3)68(81-71(109)56(79-60(93)5-2)38-49-10-12-53(90)13-11-49)72(110)80-55(15-18-59(75)92)70(108)78-41-51-8-6-50(7-9-51)40-77-69(107)52(39-54(91)14-16-57(73(111)112)88-34-30-84(44-64(99)100)26-22-82(42-62(95)96)23-27-85(31-35-88)45-65(101)102)20-21-76-61(94)19-17-58(74(113)114)89-36-32-86(46-66(103)104)28-24-83(43-63(97)98)25-29-87(33-37-89)47-67(105)106;;/h6-13,48,52,55-58,68,90H,4-5,14-47H2,1-3H3,(H2,75,92)(H,76,94)(H,77,107)(H,78,108)(H,79,93)(H,80,110)(H,81,109)(H,95,96)(H,97,98)(H,99,100)(H,101,102)(H,103,104)(H,105,106)(H,111,112)(H,113,114);;/q;2*+2/t48?,52?,55-,56-,57?,58?,68-;;/m0../s1. The van der Waals surface area contributed by atoms with Crippen molar-refractivity contribution in [2.24, 2.45) is 17.6 Å². The summed E-state index contributed by atoms with van der Waals surface area (Å²) in [5.41, 5.74) is 7.10. The number of nitrogens with zero attached hydrogens (tertiary/aromatic N) is 8. The first kappa shape index (κ1) is 104. The number of amides is 7. The zero-order chi connectivity index (χ0) is 84.6. The Morgan fingerprint density at radius 2 is 0.776 bits per heavy atom. The van der Waals surface area contributed by atoms with Crippen molar-refractivity contribution in [3.05, 3.63) is 65.2 Å². The number of aliphatic carboxylic acids is 8. The number of hydrogen-bond donors (Lipinski definition) is 16. The van der Waals surface area contributed by atoms with E-state index in [1.54, 1.807) is 57.2 Å². The van der Waals surface area contributed by atoms with Crippen LogP contribution >= 0.6 is 0 Å². The maximum Gasteiger partial charge on any atom is 2.00 e. The fourth-order valence-corrected chi connectivity index (χ4v) is 13.1. The minimum absolute atomic E-state index is 0. The quantitative estimate of drug-likeness (QED) is 0.0306. The molecule has 2 fully saturated rings. The normalized spacial score (nSPS) is 17.0. The number of carboxylic acids is 8. The monoisotopic (exact) mass is 1930 g/mol. The van der Waals surface area contributed by atoms with Gasteiger partial charge in [-0.25, -0.2) is 0 Å². The molecule has 0 bridgehead atoms. The van der Waals surface area contributed by atoms with E-state index in [0.29, 0.717) is 23.1 Å². The first-order valence-electron chi connectivity index (χ1n) is 38.0. The molecule has 42 heteroatoms. The van der Waals surface area contributed by atoms with E-state index in [1.165, 1.54) is 51.3 Å². The van der Waals surface area contributed by atoms with E-state index in [1.807, 2.05) is 0 Å². The van der Waals surface area contributed by atoms with Gasteiger partial charge in [-0.3, -0.25) is 116 Å². The molecule has 4 unspecified atom stereocenters. The van der Waals surface area contributed by atoms with E-state index >= 15 is 0 Å². The average molecular weight is 1930 g/mol. The van der Waals surface area contributed by atoms with Gasteiger partial charge in [0.15, 0.2) is 0 Å². The van der Waals surface area contributed by atoms with Gasteiger partial charge in [0.05, 0.1) is 39.3 Å². The third kappa shape index (κ3) is 42.1. The first-order chi connectivity index (χ1) is 54.0. The van der Waals surface area contributed by atoms with Gasteiger partial charge in [0.2, 0.25) is 41.4 Å². The van der Waals surface area contributed by atoms with Gasteiger partial charge in [-0.1, -0.05) is 63.6 Å². The van der Waals surface area contributed by atoms with Gasteiger partial charge < -0.3 is 83.6 Å². The fraction of sp³-hybridized carbons (Fsp3) is 0.622. The molecule has 0 aromatic heterocycles. The van der Waals surface area contributed by atoms with Crippen molar-refractivity contribution in [2.75, 3.05) is 151 Å². The van der Waals surface area contributed by atoms with Crippen LogP contribution in [0.3, 0.4) is 0 Å². The number of Topliss-reactive ketones (excluding diaryl/α,β-unsaturated/α-hetero) is 1. The van der Waals surface area contributed by atoms with Gasteiger partial charge in [-0.05, 0) is 60.4 Å². The molecular formula is C74H113Gd2N15O25+4. The summed E-state index contributed by atoms with van der Waals surface area (Å²) < 4.78 is 0. The molecule has 2 saturated heterocycles. The summed E-state index contributed by atoms with van der Waals surface area (Å²) >= 11 is 0. The van der Waals surface area contributed by atoms with E-state index in [-0.39, 0.29) is 255 Å². The van der Waals surface area contributed by atoms with Crippen molar-refractivity contribution < 1.29 is 203 Å². The molecule has 2 aliphatic rings. The topological polar surface area (TPSA) is 579 Å². The molecule has 2 aliphatic heterocycles. The summed E-state index contributed by atoms with van der Waals surface area (Å²) in [6, 6.07) is 5.96. The van der Waals surface area contributed by atoms with Crippen LogP contribution in [0.2, 0.25) is 0 Å². The molecule has 0 radical (unpaired) electrons. The number of hydrogen-bond acceptors (Lipinski definition) is 25. The summed E-state index contributed by atoms with van der Waals surface area (Å²) in [6.07, 6.45) is -2.31. The van der Waals surface area contributed by atoms with Crippen LogP contribution in [0.15, 0.2) is 48.5 Å². The second-order valence-electron chi connectivity index (χ2n) is 28.5. The SMILES string of the molecule is CCC(=O)N[C@@H](Cc1ccc(O)cc1)C(=O)N[C@H](C(=O)N[C@@H](CCC(N)=O)C(=O)NCc1ccc(CNC(=O)C(CCNC(=O)CCC(C(=O)O)N2CCN(CC(=O)O)CCN(CC(=O)O)CCN(CC(=O)O)CC2)CC(=O)CCC(C(=O)O)N2CCN(CC(=O)O)CCN(CC(=O)O)CCN(CC(=O)O)CC2)cc1)C(C)CC.[Gd+2].[Gd+2]. The zero-order valence-corrected chi connectivity index (χ0v) is 70.1. The number of phenolic OH excluding ortho intramolecular Hbond substituents is 1. The van der Waals surface area contributed by atoms with Crippen LogP contribution in [0.25, 0.3) is 0 Å². The van der Waals surface area contributed by atoms with Crippen molar-refractivity contribution in [3.63, 3.8) is 0 Å². The minimum atomic E-state index is -1.41. The maximum atomic E-state index is 14.4. The second-order valence-corrected chi connectivity index (χ2v) is 28.5. The number of ketones is 1. The van der Waals surface area contributed by atoms with Gasteiger partial charge in [-0.2, -0.15) is 0 Å². The fourth-order valence-electron chi connectivity index (χ4n) is 13.1. The Kier molecular flexibility index (Phi) is 50.3. The molecule has 116 heavy (non-hydrogen) atoms. The van der Waals surface area contributed by atoms with Crippen molar-refractivity contribution in [3.8, 4) is 5.75 Å². The molecule has 0 saturated carbocycles. The van der Waals surface area contributed by atoms with Crippen LogP contribution in [0.5, 0.6) is 5.75 Å². The van der Waals surface area contributed by atoms with Gasteiger partial charge in [-0.15, -0.1) is 0 Å². The summed E-state index contributed by atoms with van der Waals surface area (Å²) in [7, 11) is 0. The number of carbonyl (C=O) groups excluding carboxylic acids is 8. The number of nitrogens with two attached hydrogens (primary N) is 1. The number of primary amides is 1. The predicted molar refractivity (Wildman–Crippen MR) is 406 cm³/mol. The third-order valence-electron chi connectivity index (χ3n) is 19.8. The smallest absolute Gasteiger partial charge is 0.508 e. The summed E-state index contributed by atoms with van der Waals surface area (Å²) in [5.74, 6) is -17.0. The number of phenols is 1. The molecule has 2 aromatic rings. The number of carboxylic acid groups (broad SMARTS) is 8. The van der Waals surface area contributed by atoms with Crippen LogP contribution in [0, 0.1) is 91.7 Å². The molecule has 0 spiro atoms. The Hall–Kier alpha value is -7.71. The molecule has 7 amide bonds. The molecule has 4 rings (SSSR count). The zero-order valence-electron chi connectivity index (χ0n) is 65.5. The predicted octanol–water partition coefficient (Wildman–Crippen LogP) is -3.46. The summed E-state index contributed by atoms with van der Waals surface area (Å²) in [4.78, 5) is 218. The van der Waals surface area contributed by atoms with Crippen molar-refractivity contribution >= 4 is 94.9 Å². The molecule has 2 aromatic carbocycles. The summed E-state index contributed by atoms with van der Waals surface area (Å²) in [5, 5.41) is 106. The number of nitrogens with one attached hydrogen (secondary N) is 6. The van der Waals surface area contributed by atoms with E-state index in [0.717, 1.165) is 0 Å². The largest absolute Gasteiger partial charge is 2.00 e. The van der Waals surface area contributed by atoms with Crippen molar-refractivity contribution in [1.29, 1.82) is 0 Å². The third-order valence-corrected chi connectivity index (χ3v) is 19.8. The van der Waals surface area contributed by atoms with Gasteiger partial charge in [0.1, 0.15) is 41.7 Å². The second kappa shape index (κ2) is 55.9. The number of benzene rings is 2. The first-order valence-corrected chi connectivity index (χ1v) is 38.0. The Morgan fingerprint density at radius 1 is 0.405 bits per heavy atom. The Bertz CT molecular complexity index is 3510. The van der Waals surface area contributed by atoms with Gasteiger partial charge >= 0.3 is 128 Å². The van der Waals surface area contributed by atoms with Crippen LogP contribution in [0.1, 0.15) is 102 Å². The minimum Gasteiger partial charge on any atom is -0.508 e. The molecule has 17 N–H and O–H groups in total. The van der Waals surface area contributed by atoms with Crippen LogP contribution in [-0.2, 0) is 96.2 Å². The molecular weight excluding hydrogens is 1810 g/mol. The number of aromatic hydroxyl groups is 1. The number of carbonyl (C=O) groups is 16. The molecule has 2 heterocycles. The van der Waals surface area contributed by atoms with Crippen molar-refractivity contribution in [1.82, 2.24) is 71.1 Å². The molecule has 40 nitrogen and oxygen atoms in total. The molecule has 0 aliphatic carbocycles. The van der Waals surface area contributed by atoms with E-state index < -0.39 is 195 Å². The van der Waals surface area contributed by atoms with Crippen molar-refractivity contribution in [2.45, 2.75) is 135 Å². The maximum absolute atomic E-state index is 14.4. The Morgan fingerprint density at radius 3 is 1.14 bits per heavy atom. The molecule has 7 atom stereocenters. The van der Waals surface area contributed by atoms with E-state index in [9.17, 15) is 123 Å². The van der Waals surface area contributed by atoms with Gasteiger partial charge in [0, 0.05) is 169 Å². The Balaban J connectivity index is 0.0000228. The van der Waals surface area contributed by atoms with Crippen LogP contribution < -0.4 is 37.6 Å². The van der Waals surface area contributed by atoms with Crippen LogP contribution in [0.4, 0.5) is 0 Å². The van der Waals surface area contributed by atoms with E-state index in [2.05, 4.69) is 31.9 Å².